The summed E-state index contributed by atoms with van der Waals surface area (Å²) < 4.78 is 19.4. The SMILES string of the molecule is C[C@H](CCC(C[C@@]1(CO)CO1)O[Si](C)(C)C(C)(C)C)[C@H]1CCC2C(O[Si](C)(C)C)CCCC21C. The highest BCUT2D eigenvalue weighted by atomic mass is 28.4. The summed E-state index contributed by atoms with van der Waals surface area (Å²) in [5.41, 5.74) is 0.0785. The molecule has 0 aromatic carbocycles. The summed E-state index contributed by atoms with van der Waals surface area (Å²) >= 11 is 0. The van der Waals surface area contributed by atoms with Crippen LogP contribution in [0.25, 0.3) is 0 Å². The molecule has 3 rings (SSSR count). The maximum atomic E-state index is 9.90. The summed E-state index contributed by atoms with van der Waals surface area (Å²) in [6.45, 7) is 24.6. The number of fused-ring (bicyclic) bond motifs is 1. The van der Waals surface area contributed by atoms with Crippen LogP contribution in [-0.2, 0) is 13.6 Å². The highest BCUT2D eigenvalue weighted by Gasteiger charge is 2.54. The van der Waals surface area contributed by atoms with Crippen LogP contribution in [-0.4, -0.2) is 52.8 Å². The van der Waals surface area contributed by atoms with Crippen molar-refractivity contribution in [3.63, 3.8) is 0 Å². The molecule has 4 unspecified atom stereocenters. The van der Waals surface area contributed by atoms with Crippen LogP contribution in [0.1, 0.15) is 86.0 Å². The van der Waals surface area contributed by atoms with Gasteiger partial charge >= 0.3 is 0 Å². The summed E-state index contributed by atoms with van der Waals surface area (Å²) in [6, 6.07) is 0. The third-order valence-electron chi connectivity index (χ3n) is 9.98. The van der Waals surface area contributed by atoms with Crippen LogP contribution >= 0.6 is 0 Å². The van der Waals surface area contributed by atoms with E-state index >= 15 is 0 Å². The van der Waals surface area contributed by atoms with Gasteiger partial charge in [-0.2, -0.15) is 0 Å². The standard InChI is InChI=1S/C28H56O4Si2/c1-21(23-15-16-24-25(32-33(6,7)8)12-11-17-27(23,24)5)13-14-22(18-28(19-29)20-30-28)31-34(9,10)26(2,3)4/h21-25,29H,11-20H2,1-10H3/t21-,22?,23-,24?,25?,27?,28-/m1/s1. The molecule has 1 N–H and O–H groups in total. The first-order valence-electron chi connectivity index (χ1n) is 14.1. The largest absolute Gasteiger partial charge is 0.414 e. The fraction of sp³-hybridized carbons (Fsp3) is 1.00. The van der Waals surface area contributed by atoms with Gasteiger partial charge in [-0.15, -0.1) is 0 Å². The second-order valence-corrected chi connectivity index (χ2v) is 24.1. The summed E-state index contributed by atoms with van der Waals surface area (Å²) in [5.74, 6) is 2.21. The first-order valence-corrected chi connectivity index (χ1v) is 20.4. The van der Waals surface area contributed by atoms with Gasteiger partial charge in [0.15, 0.2) is 16.6 Å². The van der Waals surface area contributed by atoms with Gasteiger partial charge in [0.05, 0.1) is 13.2 Å². The van der Waals surface area contributed by atoms with Crippen molar-refractivity contribution in [3.05, 3.63) is 0 Å². The van der Waals surface area contributed by atoms with Gasteiger partial charge in [0.25, 0.3) is 0 Å². The van der Waals surface area contributed by atoms with E-state index in [-0.39, 0.29) is 23.4 Å². The highest BCUT2D eigenvalue weighted by Crippen LogP contribution is 2.59. The molecule has 0 aromatic heterocycles. The van der Waals surface area contributed by atoms with Crippen molar-refractivity contribution in [3.8, 4) is 0 Å². The molecule has 1 saturated heterocycles. The predicted molar refractivity (Wildman–Crippen MR) is 147 cm³/mol. The van der Waals surface area contributed by atoms with E-state index in [0.29, 0.717) is 24.0 Å². The average Bonchev–Trinajstić information content (AvgIpc) is 3.36. The summed E-state index contributed by atoms with van der Waals surface area (Å²) in [7, 11) is -3.40. The second kappa shape index (κ2) is 10.2. The number of hydrogen-bond acceptors (Lipinski definition) is 4. The van der Waals surface area contributed by atoms with E-state index in [2.05, 4.69) is 67.4 Å². The lowest BCUT2D eigenvalue weighted by atomic mass is 9.61. The minimum Gasteiger partial charge on any atom is -0.414 e. The molecule has 4 nitrogen and oxygen atoms in total. The maximum Gasteiger partial charge on any atom is 0.192 e. The van der Waals surface area contributed by atoms with Crippen LogP contribution in [0, 0.1) is 23.2 Å². The van der Waals surface area contributed by atoms with Crippen molar-refractivity contribution in [2.75, 3.05) is 13.2 Å². The minimum atomic E-state index is -1.88. The number of rotatable bonds is 11. The Balaban J connectivity index is 1.66. The van der Waals surface area contributed by atoms with Gasteiger partial charge in [-0.05, 0) is 99.5 Å². The van der Waals surface area contributed by atoms with E-state index < -0.39 is 16.6 Å². The molecule has 34 heavy (non-hydrogen) atoms. The number of epoxide rings is 1. The Hall–Kier alpha value is 0.274. The second-order valence-electron chi connectivity index (χ2n) is 14.8. The van der Waals surface area contributed by atoms with Gasteiger partial charge in [-0.1, -0.05) is 41.0 Å². The normalized spacial score (nSPS) is 36.3. The molecule has 7 atom stereocenters. The maximum absolute atomic E-state index is 9.90. The Morgan fingerprint density at radius 2 is 1.71 bits per heavy atom. The van der Waals surface area contributed by atoms with Crippen molar-refractivity contribution in [1.82, 2.24) is 0 Å². The first kappa shape index (κ1) is 28.8. The molecule has 1 heterocycles. The molecule has 1 aliphatic heterocycles. The zero-order chi connectivity index (χ0) is 25.6. The molecule has 3 fully saturated rings. The third-order valence-corrected chi connectivity index (χ3v) is 15.5. The summed E-state index contributed by atoms with van der Waals surface area (Å²) in [4.78, 5) is 0. The Kier molecular flexibility index (Phi) is 8.66. The van der Waals surface area contributed by atoms with Crippen LogP contribution in [0.15, 0.2) is 0 Å². The molecule has 2 aliphatic carbocycles. The van der Waals surface area contributed by atoms with E-state index in [1.54, 1.807) is 0 Å². The third kappa shape index (κ3) is 6.58. The Labute approximate surface area is 213 Å². The lowest BCUT2D eigenvalue weighted by Gasteiger charge is -2.48. The fourth-order valence-electron chi connectivity index (χ4n) is 6.93. The topological polar surface area (TPSA) is 51.2 Å². The van der Waals surface area contributed by atoms with Crippen molar-refractivity contribution in [1.29, 1.82) is 0 Å². The molecule has 0 amide bonds. The van der Waals surface area contributed by atoms with Crippen LogP contribution in [0.5, 0.6) is 0 Å². The van der Waals surface area contributed by atoms with Crippen LogP contribution in [0.2, 0.25) is 37.8 Å². The van der Waals surface area contributed by atoms with Gasteiger partial charge in [0.2, 0.25) is 0 Å². The van der Waals surface area contributed by atoms with Gasteiger partial charge < -0.3 is 18.7 Å². The van der Waals surface area contributed by atoms with Gasteiger partial charge in [0, 0.05) is 18.6 Å². The van der Waals surface area contributed by atoms with Gasteiger partial charge in [-0.3, -0.25) is 0 Å². The molecule has 6 heteroatoms. The average molecular weight is 513 g/mol. The van der Waals surface area contributed by atoms with E-state index in [1.807, 2.05) is 0 Å². The van der Waals surface area contributed by atoms with Crippen LogP contribution in [0.4, 0.5) is 0 Å². The summed E-state index contributed by atoms with van der Waals surface area (Å²) in [5, 5.41) is 10.1. The molecule has 0 aromatic rings. The zero-order valence-electron chi connectivity index (χ0n) is 24.1. The van der Waals surface area contributed by atoms with Crippen molar-refractivity contribution < 1.29 is 18.7 Å². The van der Waals surface area contributed by atoms with Crippen molar-refractivity contribution in [2.45, 2.75) is 142 Å². The molecular formula is C28H56O4Si2. The van der Waals surface area contributed by atoms with E-state index in [0.717, 1.165) is 24.7 Å². The molecule has 200 valence electrons. The monoisotopic (exact) mass is 512 g/mol. The lowest BCUT2D eigenvalue weighted by Crippen LogP contribution is -2.46. The smallest absolute Gasteiger partial charge is 0.192 e. The molecular weight excluding hydrogens is 456 g/mol. The van der Waals surface area contributed by atoms with E-state index in [9.17, 15) is 5.11 Å². The Bertz CT molecular complexity index is 679. The van der Waals surface area contributed by atoms with Crippen molar-refractivity contribution in [2.24, 2.45) is 23.2 Å². The fourth-order valence-corrected chi connectivity index (χ4v) is 9.51. The van der Waals surface area contributed by atoms with E-state index in [4.69, 9.17) is 13.6 Å². The first-order chi connectivity index (χ1) is 15.5. The minimum absolute atomic E-state index is 0.112. The number of hydrogen-bond donors (Lipinski definition) is 1. The van der Waals surface area contributed by atoms with Gasteiger partial charge in [-0.25, -0.2) is 0 Å². The Morgan fingerprint density at radius 3 is 2.24 bits per heavy atom. The van der Waals surface area contributed by atoms with E-state index in [1.165, 1.54) is 38.5 Å². The highest BCUT2D eigenvalue weighted by molar-refractivity contribution is 6.74. The number of ether oxygens (including phenoxy) is 1. The Morgan fingerprint density at radius 1 is 1.06 bits per heavy atom. The summed E-state index contributed by atoms with van der Waals surface area (Å²) in [6.07, 6.45) is 10.4. The molecule has 0 radical (unpaired) electrons. The lowest BCUT2D eigenvalue weighted by molar-refractivity contribution is -0.0200. The number of aliphatic hydroxyl groups is 1. The molecule has 0 spiro atoms. The van der Waals surface area contributed by atoms with Gasteiger partial charge in [0.1, 0.15) is 5.60 Å². The van der Waals surface area contributed by atoms with Crippen LogP contribution < -0.4 is 0 Å². The molecule has 2 saturated carbocycles. The molecule has 3 aliphatic rings. The quantitative estimate of drug-likeness (QED) is 0.232. The predicted octanol–water partition coefficient (Wildman–Crippen LogP) is 7.38. The van der Waals surface area contributed by atoms with Crippen molar-refractivity contribution >= 4 is 16.6 Å². The number of aliphatic hydroxyl groups excluding tert-OH is 1. The molecule has 0 bridgehead atoms. The van der Waals surface area contributed by atoms with Crippen LogP contribution in [0.3, 0.4) is 0 Å². The zero-order valence-corrected chi connectivity index (χ0v) is 26.1.